The molecule has 1 unspecified atom stereocenters. The van der Waals surface area contributed by atoms with Crippen molar-refractivity contribution in [3.8, 4) is 0 Å². The fourth-order valence-corrected chi connectivity index (χ4v) is 5.13. The summed E-state index contributed by atoms with van der Waals surface area (Å²) >= 11 is 0. The largest absolute Gasteiger partial charge is 0.387 e. The Bertz CT molecular complexity index is 1560. The first-order valence-electron chi connectivity index (χ1n) is 13.8. The Morgan fingerprint density at radius 1 is 0.976 bits per heavy atom. The zero-order valence-corrected chi connectivity index (χ0v) is 23.7. The molecule has 214 valence electrons. The number of ether oxygens (including phenoxy) is 1. The van der Waals surface area contributed by atoms with Crippen LogP contribution in [0.1, 0.15) is 64.2 Å². The van der Waals surface area contributed by atoms with Crippen LogP contribution in [0.25, 0.3) is 11.2 Å². The first kappa shape index (κ1) is 28.5. The Morgan fingerprint density at radius 3 is 2.34 bits per heavy atom. The molecule has 4 aromatic rings. The molecule has 3 N–H and O–H groups in total. The van der Waals surface area contributed by atoms with Gasteiger partial charge in [-0.1, -0.05) is 31.2 Å². The molecule has 3 heterocycles. The summed E-state index contributed by atoms with van der Waals surface area (Å²) in [7, 11) is 0. The van der Waals surface area contributed by atoms with Crippen LogP contribution in [0.2, 0.25) is 0 Å². The topological polar surface area (TPSA) is 139 Å². The molecule has 1 aliphatic heterocycles. The van der Waals surface area contributed by atoms with E-state index in [1.54, 1.807) is 6.92 Å². The number of aromatic nitrogens is 4. The maximum Gasteiger partial charge on any atom is 0.167 e. The van der Waals surface area contributed by atoms with Gasteiger partial charge in [-0.25, -0.2) is 15.0 Å². The minimum atomic E-state index is -1.33. The molecule has 0 aliphatic carbocycles. The zero-order valence-electron chi connectivity index (χ0n) is 23.7. The Morgan fingerprint density at radius 2 is 1.66 bits per heavy atom. The minimum Gasteiger partial charge on any atom is -0.387 e. The summed E-state index contributed by atoms with van der Waals surface area (Å²) in [4.78, 5) is 37.9. The highest BCUT2D eigenvalue weighted by Crippen LogP contribution is 2.33. The van der Waals surface area contributed by atoms with Crippen LogP contribution < -0.4 is 5.32 Å². The van der Waals surface area contributed by atoms with Crippen LogP contribution in [0.5, 0.6) is 0 Å². The lowest BCUT2D eigenvalue weighted by atomic mass is 9.96. The van der Waals surface area contributed by atoms with Gasteiger partial charge in [0.2, 0.25) is 0 Å². The van der Waals surface area contributed by atoms with Crippen molar-refractivity contribution in [1.82, 2.24) is 19.5 Å². The average Bonchev–Trinajstić information content (AvgIpc) is 3.54. The van der Waals surface area contributed by atoms with Gasteiger partial charge in [-0.15, -0.1) is 0 Å². The maximum absolute atomic E-state index is 12.8. The molecular formula is C31H35N5O5. The number of anilines is 1. The number of Topliss-reactive ketones (excluding diaryl/α,β-unsaturated/α-hetero) is 2. The molecule has 0 saturated carbocycles. The van der Waals surface area contributed by atoms with Crippen molar-refractivity contribution in [2.24, 2.45) is 0 Å². The lowest BCUT2D eigenvalue weighted by Crippen LogP contribution is -2.35. The molecule has 4 atom stereocenters. The van der Waals surface area contributed by atoms with E-state index in [0.29, 0.717) is 36.4 Å². The van der Waals surface area contributed by atoms with Crippen LogP contribution in [0.3, 0.4) is 0 Å². The third kappa shape index (κ3) is 5.76. The molecule has 5 rings (SSSR count). The number of hydrogen-bond donors (Lipinski definition) is 3. The van der Waals surface area contributed by atoms with Crippen LogP contribution in [0.4, 0.5) is 5.82 Å². The monoisotopic (exact) mass is 557 g/mol. The quantitative estimate of drug-likeness (QED) is 0.249. The fourth-order valence-electron chi connectivity index (χ4n) is 5.13. The molecule has 0 radical (unpaired) electrons. The Labute approximate surface area is 238 Å². The zero-order chi connectivity index (χ0) is 29.3. The fraction of sp³-hybridized carbons (Fsp3) is 0.387. The first-order chi connectivity index (χ1) is 19.7. The molecule has 0 amide bonds. The average molecular weight is 558 g/mol. The van der Waals surface area contributed by atoms with Crippen molar-refractivity contribution in [1.29, 1.82) is 0 Å². The van der Waals surface area contributed by atoms with Gasteiger partial charge in [0.1, 0.15) is 24.6 Å². The minimum absolute atomic E-state index is 0.145. The van der Waals surface area contributed by atoms with E-state index < -0.39 is 24.5 Å². The van der Waals surface area contributed by atoms with Crippen molar-refractivity contribution >= 4 is 28.5 Å². The van der Waals surface area contributed by atoms with Gasteiger partial charge in [0.15, 0.2) is 34.8 Å². The summed E-state index contributed by atoms with van der Waals surface area (Å²) in [6, 6.07) is 12.0. The lowest BCUT2D eigenvalue weighted by molar-refractivity contribution is -0.135. The van der Waals surface area contributed by atoms with Gasteiger partial charge in [-0.2, -0.15) is 0 Å². The van der Waals surface area contributed by atoms with Crippen LogP contribution in [0, 0.1) is 20.8 Å². The highest BCUT2D eigenvalue weighted by molar-refractivity contribution is 5.96. The molecule has 1 fully saturated rings. The summed E-state index contributed by atoms with van der Waals surface area (Å²) in [5.41, 5.74) is 7.25. The van der Waals surface area contributed by atoms with E-state index in [2.05, 4.69) is 27.2 Å². The van der Waals surface area contributed by atoms with Crippen molar-refractivity contribution in [2.75, 3.05) is 5.32 Å². The number of ketones is 2. The smallest absolute Gasteiger partial charge is 0.167 e. The number of nitrogens with zero attached hydrogens (tertiary/aromatic N) is 4. The highest BCUT2D eigenvalue weighted by Gasteiger charge is 2.47. The number of fused-ring (bicyclic) bond motifs is 1. The van der Waals surface area contributed by atoms with Crippen molar-refractivity contribution in [3.05, 3.63) is 82.4 Å². The van der Waals surface area contributed by atoms with Crippen LogP contribution in [-0.2, 0) is 22.5 Å². The van der Waals surface area contributed by atoms with Gasteiger partial charge in [0.05, 0.1) is 6.33 Å². The number of nitrogens with one attached hydrogen (secondary N) is 1. The number of aryl methyl sites for hydroxylation is 3. The third-order valence-electron chi connectivity index (χ3n) is 7.91. The Kier molecular flexibility index (Phi) is 8.25. The number of aliphatic hydroxyl groups is 2. The first-order valence-corrected chi connectivity index (χ1v) is 13.8. The number of benzene rings is 2. The van der Waals surface area contributed by atoms with Gasteiger partial charge >= 0.3 is 0 Å². The van der Waals surface area contributed by atoms with E-state index in [1.807, 2.05) is 50.2 Å². The van der Waals surface area contributed by atoms with Crippen molar-refractivity contribution < 1.29 is 24.5 Å². The molecule has 1 aliphatic rings. The summed E-state index contributed by atoms with van der Waals surface area (Å²) in [5, 5.41) is 24.2. The summed E-state index contributed by atoms with van der Waals surface area (Å²) in [5.74, 6) is 0.363. The molecule has 0 spiro atoms. The van der Waals surface area contributed by atoms with Gasteiger partial charge in [0, 0.05) is 24.9 Å². The van der Waals surface area contributed by atoms with E-state index in [-0.39, 0.29) is 18.0 Å². The van der Waals surface area contributed by atoms with E-state index in [0.717, 1.165) is 27.8 Å². The normalized spacial score (nSPS) is 20.4. The molecule has 10 heteroatoms. The number of carbonyl (C=O) groups excluding carboxylic acids is 2. The van der Waals surface area contributed by atoms with Crippen LogP contribution >= 0.6 is 0 Å². The lowest BCUT2D eigenvalue weighted by Gasteiger charge is -2.16. The van der Waals surface area contributed by atoms with E-state index in [1.165, 1.54) is 22.8 Å². The second-order valence-electron chi connectivity index (χ2n) is 10.6. The molecule has 2 aromatic heterocycles. The second-order valence-corrected chi connectivity index (χ2v) is 10.6. The van der Waals surface area contributed by atoms with Crippen molar-refractivity contribution in [2.45, 2.75) is 78.0 Å². The molecule has 2 aromatic carbocycles. The van der Waals surface area contributed by atoms with Crippen LogP contribution in [0.15, 0.2) is 49.1 Å². The summed E-state index contributed by atoms with van der Waals surface area (Å²) < 4.78 is 7.23. The molecule has 10 nitrogen and oxygen atoms in total. The Balaban J connectivity index is 1.22. The van der Waals surface area contributed by atoms with Crippen molar-refractivity contribution in [3.63, 3.8) is 0 Å². The van der Waals surface area contributed by atoms with Gasteiger partial charge in [-0.05, 0) is 67.1 Å². The number of rotatable bonds is 10. The van der Waals surface area contributed by atoms with Crippen LogP contribution in [-0.4, -0.2) is 59.6 Å². The van der Waals surface area contributed by atoms with Gasteiger partial charge < -0.3 is 20.3 Å². The predicted molar refractivity (Wildman–Crippen MR) is 154 cm³/mol. The predicted octanol–water partition coefficient (Wildman–Crippen LogP) is 3.78. The SMILES string of the molecule is CCC(=O)[C@H]1O[C@@H](n2cnc3c(NCc4ccc(CCC(=O)c5cc(C)c(C)c(C)c5)cc4)ncnc32)[C@@H](O)C1O. The summed E-state index contributed by atoms with van der Waals surface area (Å²) in [6.07, 6.45) is -0.605. The second kappa shape index (κ2) is 11.9. The standard InChI is InChI=1S/C31H35N5O5/c1-5-23(37)28-26(39)27(40)31(41-28)36-16-35-25-29(33-15-34-30(25)36)32-14-21-8-6-20(7-9-21)10-11-24(38)22-12-17(2)19(4)18(3)13-22/h6-9,12-13,15-16,26-28,31,39-40H,5,10-11,14H2,1-4H3,(H,32,33,34)/t26?,27-,28+,31+/m0/s1. The molecule has 41 heavy (non-hydrogen) atoms. The highest BCUT2D eigenvalue weighted by atomic mass is 16.6. The molecular weight excluding hydrogens is 522 g/mol. The van der Waals surface area contributed by atoms with Gasteiger partial charge in [0.25, 0.3) is 0 Å². The van der Waals surface area contributed by atoms with Gasteiger partial charge in [-0.3, -0.25) is 14.2 Å². The van der Waals surface area contributed by atoms with E-state index >= 15 is 0 Å². The number of hydrogen-bond acceptors (Lipinski definition) is 9. The Hall–Kier alpha value is -3.99. The van der Waals surface area contributed by atoms with E-state index in [9.17, 15) is 19.8 Å². The number of aliphatic hydroxyl groups excluding tert-OH is 2. The molecule has 1 saturated heterocycles. The summed E-state index contributed by atoms with van der Waals surface area (Å²) in [6.45, 7) is 8.31. The maximum atomic E-state index is 12.8. The van der Waals surface area contributed by atoms with E-state index in [4.69, 9.17) is 4.74 Å². The number of carbonyl (C=O) groups is 2. The number of imidazole rings is 1. The molecule has 0 bridgehead atoms. The third-order valence-corrected chi connectivity index (χ3v) is 7.91.